The third-order valence-electron chi connectivity index (χ3n) is 4.18. The normalized spacial score (nSPS) is 28.5. The molecule has 0 spiro atoms. The van der Waals surface area contributed by atoms with Crippen molar-refractivity contribution in [1.82, 2.24) is 10.7 Å². The molecule has 0 aromatic rings. The van der Waals surface area contributed by atoms with Crippen LogP contribution in [0.4, 0.5) is 0 Å². The molecule has 2 aliphatic carbocycles. The molecule has 0 aromatic heterocycles. The van der Waals surface area contributed by atoms with E-state index in [2.05, 4.69) is 36.6 Å². The lowest BCUT2D eigenvalue weighted by Crippen LogP contribution is -2.40. The Morgan fingerprint density at radius 3 is 2.45 bits per heavy atom. The average Bonchev–Trinajstić information content (AvgIpc) is 3.19. The van der Waals surface area contributed by atoms with Crippen molar-refractivity contribution in [2.45, 2.75) is 58.9 Å². The van der Waals surface area contributed by atoms with Crippen LogP contribution in [0.25, 0.3) is 0 Å². The third kappa shape index (κ3) is 4.05. The summed E-state index contributed by atoms with van der Waals surface area (Å²) in [6.45, 7) is 6.56. The zero-order valence-electron chi connectivity index (χ0n) is 12.6. The molecule has 2 aliphatic rings. The second-order valence-electron chi connectivity index (χ2n) is 6.53. The molecule has 5 nitrogen and oxygen atoms in total. The molecule has 112 valence electrons. The molecule has 2 fully saturated rings. The Labute approximate surface area is 120 Å². The van der Waals surface area contributed by atoms with Crippen LogP contribution < -0.4 is 10.7 Å². The second-order valence-corrected chi connectivity index (χ2v) is 6.53. The first kappa shape index (κ1) is 15.0. The van der Waals surface area contributed by atoms with Crippen LogP contribution in [0.2, 0.25) is 0 Å². The van der Waals surface area contributed by atoms with Crippen molar-refractivity contribution in [1.29, 1.82) is 0 Å². The summed E-state index contributed by atoms with van der Waals surface area (Å²) in [5, 5.41) is 6.91. The van der Waals surface area contributed by atoms with E-state index in [0.29, 0.717) is 17.8 Å². The molecule has 2 atom stereocenters. The molecule has 2 amide bonds. The van der Waals surface area contributed by atoms with E-state index >= 15 is 0 Å². The topological polar surface area (TPSA) is 70.6 Å². The smallest absolute Gasteiger partial charge is 0.329 e. The molecule has 0 heterocycles. The lowest BCUT2D eigenvalue weighted by Gasteiger charge is -2.30. The van der Waals surface area contributed by atoms with Gasteiger partial charge in [-0.05, 0) is 43.9 Å². The highest BCUT2D eigenvalue weighted by Gasteiger charge is 2.29. The number of hydrogen-bond acceptors (Lipinski definition) is 3. The number of carbonyl (C=O) groups is 2. The molecule has 2 saturated carbocycles. The van der Waals surface area contributed by atoms with Crippen molar-refractivity contribution in [3.8, 4) is 0 Å². The van der Waals surface area contributed by atoms with Crippen LogP contribution in [0.3, 0.4) is 0 Å². The SMILES string of the molecule is CC(C)[C@@H]1CC[C@H](C)CC1=NNC(=O)C(=O)NC1CC1. The predicted octanol–water partition coefficient (Wildman–Crippen LogP) is 1.83. The van der Waals surface area contributed by atoms with Gasteiger partial charge < -0.3 is 5.32 Å². The molecular formula is C15H25N3O2. The van der Waals surface area contributed by atoms with E-state index in [1.807, 2.05) is 0 Å². The maximum atomic E-state index is 11.7. The summed E-state index contributed by atoms with van der Waals surface area (Å²) in [6, 6.07) is 0.194. The zero-order chi connectivity index (χ0) is 14.7. The predicted molar refractivity (Wildman–Crippen MR) is 78.1 cm³/mol. The Balaban J connectivity index is 1.92. The van der Waals surface area contributed by atoms with Crippen LogP contribution in [0.15, 0.2) is 5.10 Å². The van der Waals surface area contributed by atoms with Crippen molar-refractivity contribution >= 4 is 17.5 Å². The van der Waals surface area contributed by atoms with Gasteiger partial charge in [0, 0.05) is 17.7 Å². The molecule has 2 rings (SSSR count). The highest BCUT2D eigenvalue weighted by molar-refractivity contribution is 6.35. The van der Waals surface area contributed by atoms with Crippen LogP contribution >= 0.6 is 0 Å². The fourth-order valence-corrected chi connectivity index (χ4v) is 2.74. The van der Waals surface area contributed by atoms with E-state index in [9.17, 15) is 9.59 Å². The Bertz CT molecular complexity index is 413. The number of hydrogen-bond donors (Lipinski definition) is 2. The molecule has 0 bridgehead atoms. The van der Waals surface area contributed by atoms with Crippen LogP contribution in [0.1, 0.15) is 52.9 Å². The van der Waals surface area contributed by atoms with E-state index < -0.39 is 11.8 Å². The van der Waals surface area contributed by atoms with E-state index in [0.717, 1.165) is 31.4 Å². The van der Waals surface area contributed by atoms with Gasteiger partial charge in [-0.1, -0.05) is 20.8 Å². The van der Waals surface area contributed by atoms with Crippen molar-refractivity contribution in [3.63, 3.8) is 0 Å². The van der Waals surface area contributed by atoms with Gasteiger partial charge in [-0.2, -0.15) is 5.10 Å². The molecule has 20 heavy (non-hydrogen) atoms. The summed E-state index contributed by atoms with van der Waals surface area (Å²) in [5.41, 5.74) is 3.46. The number of nitrogens with one attached hydrogen (secondary N) is 2. The van der Waals surface area contributed by atoms with Gasteiger partial charge in [0.25, 0.3) is 0 Å². The molecule has 2 N–H and O–H groups in total. The van der Waals surface area contributed by atoms with Crippen LogP contribution in [0.5, 0.6) is 0 Å². The fourth-order valence-electron chi connectivity index (χ4n) is 2.74. The molecule has 0 unspecified atom stereocenters. The monoisotopic (exact) mass is 279 g/mol. The van der Waals surface area contributed by atoms with Gasteiger partial charge in [0.2, 0.25) is 0 Å². The van der Waals surface area contributed by atoms with Crippen molar-refractivity contribution in [2.75, 3.05) is 0 Å². The van der Waals surface area contributed by atoms with Gasteiger partial charge in [-0.15, -0.1) is 0 Å². The van der Waals surface area contributed by atoms with Gasteiger partial charge in [0.1, 0.15) is 0 Å². The lowest BCUT2D eigenvalue weighted by atomic mass is 9.76. The minimum absolute atomic E-state index is 0.194. The van der Waals surface area contributed by atoms with Gasteiger partial charge >= 0.3 is 11.8 Å². The van der Waals surface area contributed by atoms with Crippen LogP contribution in [-0.4, -0.2) is 23.6 Å². The lowest BCUT2D eigenvalue weighted by molar-refractivity contribution is -0.139. The minimum atomic E-state index is -0.648. The van der Waals surface area contributed by atoms with E-state index in [-0.39, 0.29) is 6.04 Å². The highest BCUT2D eigenvalue weighted by atomic mass is 16.2. The second kappa shape index (κ2) is 6.37. The number of hydrazone groups is 1. The quantitative estimate of drug-likeness (QED) is 0.611. The third-order valence-corrected chi connectivity index (χ3v) is 4.18. The van der Waals surface area contributed by atoms with Gasteiger partial charge in [-0.3, -0.25) is 9.59 Å². The first-order chi connectivity index (χ1) is 9.47. The summed E-state index contributed by atoms with van der Waals surface area (Å²) < 4.78 is 0. The fraction of sp³-hybridized carbons (Fsp3) is 0.800. The Kier molecular flexibility index (Phi) is 4.78. The number of nitrogens with zero attached hydrogens (tertiary/aromatic N) is 1. The number of carbonyl (C=O) groups excluding carboxylic acids is 2. The van der Waals surface area contributed by atoms with Crippen LogP contribution in [0, 0.1) is 17.8 Å². The molecule has 0 aliphatic heterocycles. The van der Waals surface area contributed by atoms with Crippen molar-refractivity contribution in [2.24, 2.45) is 22.9 Å². The number of amides is 2. The molecule has 5 heteroatoms. The Hall–Kier alpha value is -1.39. The standard InChI is InChI=1S/C15H25N3O2/c1-9(2)12-7-4-10(3)8-13(12)17-18-15(20)14(19)16-11-5-6-11/h9-12H,4-8H2,1-3H3,(H,16,19)(H,18,20)/t10-,12-/m0/s1. The Morgan fingerprint density at radius 2 is 1.85 bits per heavy atom. The Morgan fingerprint density at radius 1 is 1.15 bits per heavy atom. The summed E-state index contributed by atoms with van der Waals surface area (Å²) in [6.07, 6.45) is 5.17. The van der Waals surface area contributed by atoms with E-state index in [1.165, 1.54) is 6.42 Å². The van der Waals surface area contributed by atoms with Crippen molar-refractivity contribution < 1.29 is 9.59 Å². The van der Waals surface area contributed by atoms with E-state index in [1.54, 1.807) is 0 Å². The maximum absolute atomic E-state index is 11.7. The van der Waals surface area contributed by atoms with Crippen LogP contribution in [-0.2, 0) is 9.59 Å². The minimum Gasteiger partial charge on any atom is -0.345 e. The van der Waals surface area contributed by atoms with Crippen molar-refractivity contribution in [3.05, 3.63) is 0 Å². The summed E-state index contributed by atoms with van der Waals surface area (Å²) in [7, 11) is 0. The molecule has 0 aromatic carbocycles. The van der Waals surface area contributed by atoms with E-state index in [4.69, 9.17) is 0 Å². The number of rotatable bonds is 3. The van der Waals surface area contributed by atoms with Gasteiger partial charge in [0.05, 0.1) is 0 Å². The first-order valence-corrected chi connectivity index (χ1v) is 7.64. The zero-order valence-corrected chi connectivity index (χ0v) is 12.6. The molecule has 0 saturated heterocycles. The summed E-state index contributed by atoms with van der Waals surface area (Å²) in [5.74, 6) is 0.310. The summed E-state index contributed by atoms with van der Waals surface area (Å²) >= 11 is 0. The molecule has 0 radical (unpaired) electrons. The average molecular weight is 279 g/mol. The molecular weight excluding hydrogens is 254 g/mol. The largest absolute Gasteiger partial charge is 0.345 e. The van der Waals surface area contributed by atoms with Gasteiger partial charge in [0.15, 0.2) is 0 Å². The maximum Gasteiger partial charge on any atom is 0.329 e. The first-order valence-electron chi connectivity index (χ1n) is 7.64. The summed E-state index contributed by atoms with van der Waals surface area (Å²) in [4.78, 5) is 23.2. The van der Waals surface area contributed by atoms with Gasteiger partial charge in [-0.25, -0.2) is 5.43 Å². The highest BCUT2D eigenvalue weighted by Crippen LogP contribution is 2.31.